The molecule has 0 radical (unpaired) electrons. The number of halogens is 2. The topological polar surface area (TPSA) is 115 Å². The predicted octanol–water partition coefficient (Wildman–Crippen LogP) is 4.30. The van der Waals surface area contributed by atoms with E-state index >= 15 is 0 Å². The van der Waals surface area contributed by atoms with E-state index < -0.39 is 9.84 Å². The molecule has 12 heteroatoms. The highest BCUT2D eigenvalue weighted by Crippen LogP contribution is 2.32. The Hall–Kier alpha value is -1.85. The molecule has 0 unspecified atom stereocenters. The molecular formula is C17H14Cl2N4O3S3. The second kappa shape index (κ2) is 8.88. The second-order valence-corrected chi connectivity index (χ2v) is 11.0. The van der Waals surface area contributed by atoms with E-state index in [1.54, 1.807) is 12.1 Å². The molecular weight excluding hydrogens is 475 g/mol. The van der Waals surface area contributed by atoms with Crippen LogP contribution in [-0.2, 0) is 14.6 Å². The Bertz CT molecular complexity index is 1180. The quantitative estimate of drug-likeness (QED) is 0.392. The van der Waals surface area contributed by atoms with Gasteiger partial charge in [-0.05, 0) is 36.8 Å². The number of thiophene rings is 1. The lowest BCUT2D eigenvalue weighted by molar-refractivity contribution is -0.113. The van der Waals surface area contributed by atoms with Crippen LogP contribution in [0.5, 0.6) is 0 Å². The average molecular weight is 489 g/mol. The van der Waals surface area contributed by atoms with E-state index in [-0.39, 0.29) is 31.7 Å². The van der Waals surface area contributed by atoms with Gasteiger partial charge >= 0.3 is 0 Å². The van der Waals surface area contributed by atoms with Gasteiger partial charge in [0.25, 0.3) is 0 Å². The highest BCUT2D eigenvalue weighted by molar-refractivity contribution is 7.99. The second-order valence-electron chi connectivity index (χ2n) is 5.78. The molecule has 3 N–H and O–H groups in total. The van der Waals surface area contributed by atoms with Crippen molar-refractivity contribution in [2.75, 3.05) is 16.8 Å². The number of thioether (sulfide) groups is 1. The van der Waals surface area contributed by atoms with Crippen LogP contribution in [0.25, 0.3) is 0 Å². The number of anilines is 2. The van der Waals surface area contributed by atoms with Gasteiger partial charge in [-0.1, -0.05) is 41.0 Å². The summed E-state index contributed by atoms with van der Waals surface area (Å²) < 4.78 is 25.6. The molecule has 3 aromatic rings. The standard InChI is InChI=1S/C17H14Cl2N4O3S3/c1-9-2-3-11(10(18)6-9)22-14(24)8-27-17-21-7-12(16(20)23-17)29(25,26)15-5-4-13(19)28-15/h2-7H,8H2,1H3,(H,22,24)(H2,20,21,23). The fraction of sp³-hybridized carbons (Fsp3) is 0.118. The molecule has 0 aliphatic heterocycles. The van der Waals surface area contributed by atoms with Crippen LogP contribution in [-0.4, -0.2) is 30.0 Å². The Balaban J connectivity index is 1.68. The molecule has 1 amide bonds. The van der Waals surface area contributed by atoms with Gasteiger partial charge in [0.1, 0.15) is 14.9 Å². The number of aromatic nitrogens is 2. The largest absolute Gasteiger partial charge is 0.382 e. The fourth-order valence-corrected chi connectivity index (χ4v) is 6.00. The van der Waals surface area contributed by atoms with Crippen molar-refractivity contribution in [2.45, 2.75) is 21.2 Å². The summed E-state index contributed by atoms with van der Waals surface area (Å²) in [5.74, 6) is -0.516. The van der Waals surface area contributed by atoms with Gasteiger partial charge < -0.3 is 11.1 Å². The summed E-state index contributed by atoms with van der Waals surface area (Å²) in [5, 5.41) is 3.31. The molecule has 0 bridgehead atoms. The summed E-state index contributed by atoms with van der Waals surface area (Å²) in [7, 11) is -3.86. The first kappa shape index (κ1) is 21.8. The van der Waals surface area contributed by atoms with E-state index in [1.807, 2.05) is 13.0 Å². The molecule has 152 valence electrons. The molecule has 1 aromatic carbocycles. The minimum Gasteiger partial charge on any atom is -0.382 e. The molecule has 0 saturated carbocycles. The van der Waals surface area contributed by atoms with Gasteiger partial charge in [0, 0.05) is 0 Å². The molecule has 0 atom stereocenters. The summed E-state index contributed by atoms with van der Waals surface area (Å²) in [5.41, 5.74) is 7.30. The van der Waals surface area contributed by atoms with Crippen LogP contribution in [0.4, 0.5) is 11.5 Å². The van der Waals surface area contributed by atoms with Gasteiger partial charge in [-0.25, -0.2) is 18.4 Å². The minimum atomic E-state index is -3.86. The Morgan fingerprint density at radius 3 is 2.66 bits per heavy atom. The fourth-order valence-electron chi connectivity index (χ4n) is 2.23. The third-order valence-electron chi connectivity index (χ3n) is 3.59. The third kappa shape index (κ3) is 5.20. The van der Waals surface area contributed by atoms with E-state index in [9.17, 15) is 13.2 Å². The van der Waals surface area contributed by atoms with Crippen molar-refractivity contribution >= 4 is 73.6 Å². The van der Waals surface area contributed by atoms with Crippen molar-refractivity contribution in [1.82, 2.24) is 9.97 Å². The van der Waals surface area contributed by atoms with Crippen LogP contribution in [0.1, 0.15) is 5.56 Å². The SMILES string of the molecule is Cc1ccc(NC(=O)CSc2ncc(S(=O)(=O)c3ccc(Cl)s3)c(N)n2)c(Cl)c1. The Morgan fingerprint density at radius 1 is 1.28 bits per heavy atom. The number of hydrogen-bond donors (Lipinski definition) is 2. The maximum atomic E-state index is 12.6. The number of rotatable bonds is 6. The van der Waals surface area contributed by atoms with E-state index in [2.05, 4.69) is 15.3 Å². The van der Waals surface area contributed by atoms with E-state index in [1.165, 1.54) is 12.1 Å². The zero-order valence-electron chi connectivity index (χ0n) is 14.8. The lowest BCUT2D eigenvalue weighted by atomic mass is 10.2. The molecule has 0 spiro atoms. The number of amides is 1. The van der Waals surface area contributed by atoms with Gasteiger partial charge in [0.05, 0.1) is 27.0 Å². The summed E-state index contributed by atoms with van der Waals surface area (Å²) in [6.45, 7) is 1.89. The molecule has 3 rings (SSSR count). The Kier molecular flexibility index (Phi) is 6.69. The monoisotopic (exact) mass is 488 g/mol. The lowest BCUT2D eigenvalue weighted by Gasteiger charge is -2.08. The van der Waals surface area contributed by atoms with E-state index in [0.717, 1.165) is 34.9 Å². The van der Waals surface area contributed by atoms with E-state index in [4.69, 9.17) is 28.9 Å². The first-order chi connectivity index (χ1) is 13.7. The molecule has 0 saturated heterocycles. The summed E-state index contributed by atoms with van der Waals surface area (Å²) >= 11 is 13.8. The van der Waals surface area contributed by atoms with Crippen LogP contribution in [0.15, 0.2) is 50.8 Å². The zero-order chi connectivity index (χ0) is 21.2. The highest BCUT2D eigenvalue weighted by Gasteiger charge is 2.24. The Labute approximate surface area is 185 Å². The number of hydrogen-bond acceptors (Lipinski definition) is 8. The van der Waals surface area contributed by atoms with Gasteiger partial charge in [0.15, 0.2) is 5.16 Å². The number of nitrogens with two attached hydrogens (primary N) is 1. The van der Waals surface area contributed by atoms with Gasteiger partial charge in [-0.2, -0.15) is 0 Å². The number of nitrogens with zero attached hydrogens (tertiary/aromatic N) is 2. The van der Waals surface area contributed by atoms with Crippen LogP contribution >= 0.6 is 46.3 Å². The summed E-state index contributed by atoms with van der Waals surface area (Å²) in [4.78, 5) is 19.9. The molecule has 2 aromatic heterocycles. The summed E-state index contributed by atoms with van der Waals surface area (Å²) in [6.07, 6.45) is 1.13. The van der Waals surface area contributed by atoms with Crippen molar-refractivity contribution in [3.63, 3.8) is 0 Å². The molecule has 29 heavy (non-hydrogen) atoms. The maximum Gasteiger partial charge on any atom is 0.234 e. The number of nitrogens with one attached hydrogen (secondary N) is 1. The Morgan fingerprint density at radius 2 is 2.03 bits per heavy atom. The van der Waals surface area contributed by atoms with Gasteiger partial charge in [-0.3, -0.25) is 4.79 Å². The molecule has 0 aliphatic carbocycles. The number of benzene rings is 1. The molecule has 2 heterocycles. The normalized spacial score (nSPS) is 11.4. The van der Waals surface area contributed by atoms with Crippen molar-refractivity contribution in [2.24, 2.45) is 0 Å². The smallest absolute Gasteiger partial charge is 0.234 e. The predicted molar refractivity (Wildman–Crippen MR) is 117 cm³/mol. The highest BCUT2D eigenvalue weighted by atomic mass is 35.5. The molecule has 7 nitrogen and oxygen atoms in total. The molecule has 0 fully saturated rings. The van der Waals surface area contributed by atoms with Crippen molar-refractivity contribution in [3.05, 3.63) is 51.5 Å². The van der Waals surface area contributed by atoms with E-state index in [0.29, 0.717) is 15.0 Å². The van der Waals surface area contributed by atoms with Crippen LogP contribution in [0, 0.1) is 6.92 Å². The minimum absolute atomic E-state index is 0.00370. The van der Waals surface area contributed by atoms with Gasteiger partial charge in [-0.15, -0.1) is 11.3 Å². The number of sulfone groups is 1. The number of carbonyl (C=O) groups is 1. The molecule has 0 aliphatic rings. The number of nitrogen functional groups attached to an aromatic ring is 1. The third-order valence-corrected chi connectivity index (χ3v) is 8.26. The van der Waals surface area contributed by atoms with Crippen molar-refractivity contribution < 1.29 is 13.2 Å². The summed E-state index contributed by atoms with van der Waals surface area (Å²) in [6, 6.07) is 8.17. The number of carbonyl (C=O) groups excluding carboxylic acids is 1. The lowest BCUT2D eigenvalue weighted by Crippen LogP contribution is -2.15. The zero-order valence-corrected chi connectivity index (χ0v) is 18.8. The maximum absolute atomic E-state index is 12.6. The van der Waals surface area contributed by atoms with Crippen molar-refractivity contribution in [1.29, 1.82) is 0 Å². The average Bonchev–Trinajstić information content (AvgIpc) is 3.09. The van der Waals surface area contributed by atoms with Crippen LogP contribution < -0.4 is 11.1 Å². The van der Waals surface area contributed by atoms with Crippen LogP contribution in [0.2, 0.25) is 9.36 Å². The van der Waals surface area contributed by atoms with Crippen LogP contribution in [0.3, 0.4) is 0 Å². The van der Waals surface area contributed by atoms with Crippen molar-refractivity contribution in [3.8, 4) is 0 Å². The first-order valence-corrected chi connectivity index (χ1v) is 12.0. The van der Waals surface area contributed by atoms with Gasteiger partial charge in [0.2, 0.25) is 15.7 Å². The number of aryl methyl sites for hydroxylation is 1. The first-order valence-electron chi connectivity index (χ1n) is 7.98.